The number of hydrogen-bond acceptors (Lipinski definition) is 1. The summed E-state index contributed by atoms with van der Waals surface area (Å²) in [7, 11) is 0. The molecular weight excluding hydrogens is 231 g/mol. The Bertz CT molecular complexity index is 257. The molecule has 0 bridgehead atoms. The molecule has 1 aliphatic rings. The third-order valence-corrected chi connectivity index (χ3v) is 3.22. The average molecular weight is 251 g/mol. The number of halogens is 3. The van der Waals surface area contributed by atoms with Crippen LogP contribution >= 0.6 is 0 Å². The van der Waals surface area contributed by atoms with Crippen molar-refractivity contribution in [2.24, 2.45) is 5.92 Å². The summed E-state index contributed by atoms with van der Waals surface area (Å²) >= 11 is 0. The van der Waals surface area contributed by atoms with Crippen LogP contribution in [0, 0.1) is 5.92 Å². The number of carbonyl (C=O) groups is 1. The van der Waals surface area contributed by atoms with E-state index in [9.17, 15) is 18.0 Å². The average Bonchev–Trinajstić information content (AvgIpc) is 2.69. The van der Waals surface area contributed by atoms with Gasteiger partial charge in [0.1, 0.15) is 0 Å². The van der Waals surface area contributed by atoms with Crippen molar-refractivity contribution in [3.63, 3.8) is 0 Å². The van der Waals surface area contributed by atoms with Gasteiger partial charge in [0.25, 0.3) is 0 Å². The minimum absolute atomic E-state index is 0.206. The highest BCUT2D eigenvalue weighted by molar-refractivity contribution is 5.82. The Morgan fingerprint density at radius 1 is 1.29 bits per heavy atom. The van der Waals surface area contributed by atoms with Gasteiger partial charge in [-0.05, 0) is 25.2 Å². The van der Waals surface area contributed by atoms with Gasteiger partial charge >= 0.3 is 12.1 Å². The van der Waals surface area contributed by atoms with Gasteiger partial charge in [0.2, 0.25) is 0 Å². The Morgan fingerprint density at radius 3 is 2.24 bits per heavy atom. The molecule has 5 heteroatoms. The zero-order valence-corrected chi connectivity index (χ0v) is 10.4. The number of hydrogen-bond donors (Lipinski definition) is 0. The summed E-state index contributed by atoms with van der Waals surface area (Å²) in [5, 5.41) is 0. The van der Waals surface area contributed by atoms with Crippen LogP contribution in [0.2, 0.25) is 0 Å². The third-order valence-electron chi connectivity index (χ3n) is 3.22. The van der Waals surface area contributed by atoms with E-state index in [1.54, 1.807) is 0 Å². The quantitative estimate of drug-likeness (QED) is 0.750. The fourth-order valence-electron chi connectivity index (χ4n) is 2.23. The molecule has 0 aromatic carbocycles. The van der Waals surface area contributed by atoms with Crippen LogP contribution in [0.3, 0.4) is 0 Å². The molecule has 0 saturated heterocycles. The number of amides is 1. The van der Waals surface area contributed by atoms with Crippen LogP contribution in [0.4, 0.5) is 13.2 Å². The summed E-state index contributed by atoms with van der Waals surface area (Å²) in [4.78, 5) is 12.4. The van der Waals surface area contributed by atoms with Crippen molar-refractivity contribution in [2.45, 2.75) is 58.2 Å². The Labute approximate surface area is 100 Å². The van der Waals surface area contributed by atoms with E-state index in [1.165, 1.54) is 0 Å². The molecule has 1 amide bonds. The molecule has 0 unspecified atom stereocenters. The summed E-state index contributed by atoms with van der Waals surface area (Å²) in [5.74, 6) is -1.36. The Hall–Kier alpha value is -0.740. The Kier molecular flexibility index (Phi) is 4.83. The molecule has 0 heterocycles. The molecule has 100 valence electrons. The van der Waals surface area contributed by atoms with Gasteiger partial charge in [0.15, 0.2) is 0 Å². The molecule has 1 saturated carbocycles. The first-order chi connectivity index (χ1) is 7.82. The molecule has 0 aromatic heterocycles. The normalized spacial score (nSPS) is 17.8. The fraction of sp³-hybridized carbons (Fsp3) is 0.917. The fourth-order valence-corrected chi connectivity index (χ4v) is 2.23. The summed E-state index contributed by atoms with van der Waals surface area (Å²) in [6.07, 6.45) is -0.848. The number of alkyl halides is 3. The number of carbonyl (C=O) groups excluding carboxylic acids is 1. The molecule has 0 aliphatic heterocycles. The van der Waals surface area contributed by atoms with Gasteiger partial charge < -0.3 is 4.90 Å². The zero-order valence-electron chi connectivity index (χ0n) is 10.4. The third kappa shape index (κ3) is 4.21. The maximum Gasteiger partial charge on any atom is 0.471 e. The van der Waals surface area contributed by atoms with Crippen molar-refractivity contribution in [3.8, 4) is 0 Å². The van der Waals surface area contributed by atoms with Crippen LogP contribution in [0.1, 0.15) is 46.0 Å². The molecule has 17 heavy (non-hydrogen) atoms. The molecule has 1 fully saturated rings. The SMILES string of the molecule is CC(C)CCN(C(=O)C(F)(F)F)C1CCCC1. The van der Waals surface area contributed by atoms with E-state index >= 15 is 0 Å². The molecule has 0 aromatic rings. The van der Waals surface area contributed by atoms with E-state index in [0.717, 1.165) is 17.7 Å². The monoisotopic (exact) mass is 251 g/mol. The predicted octanol–water partition coefficient (Wildman–Crippen LogP) is 3.37. The van der Waals surface area contributed by atoms with E-state index < -0.39 is 12.1 Å². The van der Waals surface area contributed by atoms with Crippen molar-refractivity contribution in [1.82, 2.24) is 4.90 Å². The first-order valence-corrected chi connectivity index (χ1v) is 6.20. The Morgan fingerprint density at radius 2 is 1.82 bits per heavy atom. The van der Waals surface area contributed by atoms with Gasteiger partial charge in [-0.3, -0.25) is 4.79 Å². The number of nitrogens with zero attached hydrogens (tertiary/aromatic N) is 1. The minimum Gasteiger partial charge on any atom is -0.332 e. The summed E-state index contributed by atoms with van der Waals surface area (Å²) < 4.78 is 37.5. The lowest BCUT2D eigenvalue weighted by molar-refractivity contribution is -0.188. The van der Waals surface area contributed by atoms with Gasteiger partial charge in [0.05, 0.1) is 0 Å². The topological polar surface area (TPSA) is 20.3 Å². The van der Waals surface area contributed by atoms with Crippen LogP contribution in [0.15, 0.2) is 0 Å². The predicted molar refractivity (Wildman–Crippen MR) is 59.5 cm³/mol. The second-order valence-corrected chi connectivity index (χ2v) is 5.12. The smallest absolute Gasteiger partial charge is 0.332 e. The van der Waals surface area contributed by atoms with Gasteiger partial charge in [-0.2, -0.15) is 13.2 Å². The van der Waals surface area contributed by atoms with Crippen molar-refractivity contribution >= 4 is 5.91 Å². The second kappa shape index (κ2) is 5.74. The first kappa shape index (κ1) is 14.3. The largest absolute Gasteiger partial charge is 0.471 e. The standard InChI is InChI=1S/C12H20F3NO/c1-9(2)7-8-16(10-5-3-4-6-10)11(17)12(13,14)15/h9-10H,3-8H2,1-2H3. The highest BCUT2D eigenvalue weighted by Crippen LogP contribution is 2.28. The van der Waals surface area contributed by atoms with Crippen molar-refractivity contribution in [2.75, 3.05) is 6.54 Å². The lowest BCUT2D eigenvalue weighted by atomic mass is 10.1. The second-order valence-electron chi connectivity index (χ2n) is 5.12. The number of rotatable bonds is 4. The van der Waals surface area contributed by atoms with E-state index in [4.69, 9.17) is 0 Å². The lowest BCUT2D eigenvalue weighted by Crippen LogP contribution is -2.46. The maximum absolute atomic E-state index is 12.5. The van der Waals surface area contributed by atoms with Gasteiger partial charge in [-0.1, -0.05) is 26.7 Å². The summed E-state index contributed by atoms with van der Waals surface area (Å²) in [6.45, 7) is 4.12. The van der Waals surface area contributed by atoms with E-state index in [2.05, 4.69) is 0 Å². The molecule has 1 rings (SSSR count). The molecule has 0 radical (unpaired) electrons. The van der Waals surface area contributed by atoms with Crippen LogP contribution < -0.4 is 0 Å². The Balaban J connectivity index is 2.67. The summed E-state index contributed by atoms with van der Waals surface area (Å²) in [5.41, 5.74) is 0. The van der Waals surface area contributed by atoms with Crippen molar-refractivity contribution in [3.05, 3.63) is 0 Å². The molecular formula is C12H20F3NO. The highest BCUT2D eigenvalue weighted by atomic mass is 19.4. The van der Waals surface area contributed by atoms with Crippen molar-refractivity contribution < 1.29 is 18.0 Å². The molecule has 0 atom stereocenters. The van der Waals surface area contributed by atoms with E-state index in [0.29, 0.717) is 25.2 Å². The van der Waals surface area contributed by atoms with Crippen LogP contribution in [-0.2, 0) is 4.79 Å². The van der Waals surface area contributed by atoms with E-state index in [1.807, 2.05) is 13.8 Å². The molecule has 0 spiro atoms. The minimum atomic E-state index is -4.74. The van der Waals surface area contributed by atoms with E-state index in [-0.39, 0.29) is 12.6 Å². The zero-order chi connectivity index (χ0) is 13.1. The van der Waals surface area contributed by atoms with Crippen LogP contribution in [-0.4, -0.2) is 29.6 Å². The maximum atomic E-state index is 12.5. The van der Waals surface area contributed by atoms with Crippen LogP contribution in [0.25, 0.3) is 0 Å². The highest BCUT2D eigenvalue weighted by Gasteiger charge is 2.44. The molecule has 2 nitrogen and oxygen atoms in total. The molecule has 0 N–H and O–H groups in total. The summed E-state index contributed by atoms with van der Waals surface area (Å²) in [6, 6.07) is -0.206. The van der Waals surface area contributed by atoms with Gasteiger partial charge in [0, 0.05) is 12.6 Å². The van der Waals surface area contributed by atoms with Crippen molar-refractivity contribution in [1.29, 1.82) is 0 Å². The first-order valence-electron chi connectivity index (χ1n) is 6.20. The molecule has 1 aliphatic carbocycles. The lowest BCUT2D eigenvalue weighted by Gasteiger charge is -2.30. The van der Waals surface area contributed by atoms with Crippen LogP contribution in [0.5, 0.6) is 0 Å². The van der Waals surface area contributed by atoms with Gasteiger partial charge in [-0.25, -0.2) is 0 Å². The van der Waals surface area contributed by atoms with Gasteiger partial charge in [-0.15, -0.1) is 0 Å².